The minimum absolute atomic E-state index is 0.0401. The zero-order valence-electron chi connectivity index (χ0n) is 15.3. The van der Waals surface area contributed by atoms with Gasteiger partial charge >= 0.3 is 5.97 Å². The summed E-state index contributed by atoms with van der Waals surface area (Å²) in [6, 6.07) is 5.54. The molecule has 2 rings (SSSR count). The topological polar surface area (TPSA) is 91.1 Å². The minimum atomic E-state index is -1.05. The van der Waals surface area contributed by atoms with Crippen LogP contribution in [0.3, 0.4) is 0 Å². The molecular formula is C19H27NO5. The highest BCUT2D eigenvalue weighted by molar-refractivity contribution is 5.90. The maximum Gasteiger partial charge on any atom is 0.338 e. The molecule has 6 nitrogen and oxygen atoms in total. The van der Waals surface area contributed by atoms with E-state index in [0.29, 0.717) is 5.92 Å². The number of ketones is 1. The van der Waals surface area contributed by atoms with Crippen LogP contribution in [0.2, 0.25) is 0 Å². The predicted octanol–water partition coefficient (Wildman–Crippen LogP) is 2.67. The maximum atomic E-state index is 12.7. The zero-order valence-corrected chi connectivity index (χ0v) is 15.3. The summed E-state index contributed by atoms with van der Waals surface area (Å²) in [7, 11) is 0. The van der Waals surface area contributed by atoms with Crippen LogP contribution in [0.15, 0.2) is 24.3 Å². The lowest BCUT2D eigenvalue weighted by Crippen LogP contribution is -2.99. The Balaban J connectivity index is 1.90. The third-order valence-corrected chi connectivity index (χ3v) is 6.28. The third kappa shape index (κ3) is 3.76. The largest absolute Gasteiger partial charge is 0.595 e. The van der Waals surface area contributed by atoms with Gasteiger partial charge in [0.05, 0.1) is 12.2 Å². The van der Waals surface area contributed by atoms with Gasteiger partial charge in [0.25, 0.3) is 0 Å². The molecule has 0 aromatic heterocycles. The van der Waals surface area contributed by atoms with Gasteiger partial charge in [-0.15, -0.1) is 0 Å². The van der Waals surface area contributed by atoms with Gasteiger partial charge in [-0.2, -0.15) is 5.23 Å². The van der Waals surface area contributed by atoms with Crippen molar-refractivity contribution in [1.82, 2.24) is 0 Å². The predicted molar refractivity (Wildman–Crippen MR) is 92.4 cm³/mol. The molecule has 0 radical (unpaired) electrons. The number of carbonyl (C=O) groups excluding carboxylic acids is 2. The molecule has 0 bridgehead atoms. The number of quaternary nitrogens is 1. The summed E-state index contributed by atoms with van der Waals surface area (Å²) in [4.78, 5) is 24.7. The number of carbonyl (C=O) groups is 2. The maximum absolute atomic E-state index is 12.7. The van der Waals surface area contributed by atoms with Crippen molar-refractivity contribution in [3.8, 4) is 0 Å². The first-order valence-electron chi connectivity index (χ1n) is 8.63. The SMILES string of the molecule is C[C@@H]1CC[C@@](C)(C(=O)CCOC(=O)c2ccc([NH+]([O-])O)cc2)C1(C)C. The van der Waals surface area contributed by atoms with Crippen LogP contribution in [-0.2, 0) is 9.53 Å². The van der Waals surface area contributed by atoms with Gasteiger partial charge in [-0.25, -0.2) is 10.0 Å². The van der Waals surface area contributed by atoms with E-state index in [1.807, 2.05) is 6.92 Å². The molecule has 1 aromatic carbocycles. The molecule has 0 amide bonds. The first-order valence-corrected chi connectivity index (χ1v) is 8.63. The Morgan fingerprint density at radius 3 is 2.36 bits per heavy atom. The lowest BCUT2D eigenvalue weighted by molar-refractivity contribution is -0.991. The van der Waals surface area contributed by atoms with Gasteiger partial charge in [0.15, 0.2) is 5.69 Å². The molecule has 0 saturated heterocycles. The monoisotopic (exact) mass is 349 g/mol. The third-order valence-electron chi connectivity index (χ3n) is 6.28. The van der Waals surface area contributed by atoms with Gasteiger partial charge in [0.2, 0.25) is 0 Å². The second-order valence-corrected chi connectivity index (χ2v) is 7.69. The molecule has 2 N–H and O–H groups in total. The summed E-state index contributed by atoms with van der Waals surface area (Å²) < 4.78 is 5.19. The van der Waals surface area contributed by atoms with E-state index >= 15 is 0 Å². The van der Waals surface area contributed by atoms with Gasteiger partial charge in [-0.05, 0) is 36.3 Å². The lowest BCUT2D eigenvalue weighted by Gasteiger charge is -2.39. The van der Waals surface area contributed by atoms with Crippen molar-refractivity contribution in [2.24, 2.45) is 16.7 Å². The van der Waals surface area contributed by atoms with Crippen LogP contribution < -0.4 is 5.23 Å². The molecule has 0 spiro atoms. The van der Waals surface area contributed by atoms with Crippen LogP contribution in [0.25, 0.3) is 0 Å². The number of rotatable bonds is 6. The summed E-state index contributed by atoms with van der Waals surface area (Å²) in [5.41, 5.74) is -0.0707. The molecule has 1 aliphatic rings. The van der Waals surface area contributed by atoms with Crippen LogP contribution in [-0.4, -0.2) is 23.6 Å². The fraction of sp³-hybridized carbons (Fsp3) is 0.579. The van der Waals surface area contributed by atoms with Crippen LogP contribution >= 0.6 is 0 Å². The Morgan fingerprint density at radius 2 is 1.88 bits per heavy atom. The normalized spacial score (nSPS) is 26.2. The van der Waals surface area contributed by atoms with Crippen molar-refractivity contribution in [3.63, 3.8) is 0 Å². The van der Waals surface area contributed by atoms with Crippen molar-refractivity contribution in [2.45, 2.75) is 47.0 Å². The van der Waals surface area contributed by atoms with E-state index in [-0.39, 0.29) is 40.9 Å². The average Bonchev–Trinajstić information content (AvgIpc) is 2.78. The second kappa shape index (κ2) is 7.23. The first kappa shape index (κ1) is 19.6. The summed E-state index contributed by atoms with van der Waals surface area (Å²) in [6.07, 6.45) is 2.10. The average molecular weight is 349 g/mol. The van der Waals surface area contributed by atoms with E-state index in [1.165, 1.54) is 24.3 Å². The molecule has 0 aliphatic heterocycles. The summed E-state index contributed by atoms with van der Waals surface area (Å²) in [5, 5.41) is 18.6. The van der Waals surface area contributed by atoms with Crippen molar-refractivity contribution in [1.29, 1.82) is 0 Å². The van der Waals surface area contributed by atoms with Crippen molar-refractivity contribution >= 4 is 17.4 Å². The fourth-order valence-corrected chi connectivity index (χ4v) is 3.58. The Hall–Kier alpha value is -1.76. The number of nitrogens with one attached hydrogen (secondary N) is 1. The lowest BCUT2D eigenvalue weighted by atomic mass is 9.63. The standard InChI is InChI=1S/C19H27NO5/c1-13-9-11-19(4,18(13,2)3)16(21)10-12-25-17(22)14-5-7-15(8-6-14)20(23)24/h5-8,13,20,23H,9-12H2,1-4H3/t13-,19+/m1/s1. The summed E-state index contributed by atoms with van der Waals surface area (Å²) in [5.74, 6) is 0.0709. The Labute approximate surface area is 148 Å². The van der Waals surface area contributed by atoms with Gasteiger partial charge < -0.3 is 9.94 Å². The Morgan fingerprint density at radius 1 is 1.28 bits per heavy atom. The molecule has 25 heavy (non-hydrogen) atoms. The highest BCUT2D eigenvalue weighted by Crippen LogP contribution is 2.56. The highest BCUT2D eigenvalue weighted by atomic mass is 16.8. The van der Waals surface area contributed by atoms with Crippen LogP contribution in [0.5, 0.6) is 0 Å². The molecule has 1 aliphatic carbocycles. The molecule has 138 valence electrons. The van der Waals surface area contributed by atoms with Crippen molar-refractivity contribution < 1.29 is 24.8 Å². The van der Waals surface area contributed by atoms with E-state index in [1.54, 1.807) is 0 Å². The van der Waals surface area contributed by atoms with Gasteiger partial charge in [-0.1, -0.05) is 27.7 Å². The highest BCUT2D eigenvalue weighted by Gasteiger charge is 2.53. The molecule has 1 aromatic rings. The van der Waals surface area contributed by atoms with Gasteiger partial charge in [0.1, 0.15) is 5.78 Å². The number of esters is 1. The Kier molecular flexibility index (Phi) is 5.66. The smallest absolute Gasteiger partial charge is 0.338 e. The van der Waals surface area contributed by atoms with Crippen LogP contribution in [0.4, 0.5) is 5.69 Å². The number of Topliss-reactive ketones (excluding diaryl/α,β-unsaturated/α-hetero) is 1. The molecular weight excluding hydrogens is 322 g/mol. The van der Waals surface area contributed by atoms with Gasteiger partial charge in [-0.3, -0.25) is 4.79 Å². The minimum Gasteiger partial charge on any atom is -0.595 e. The number of hydrogen-bond acceptors (Lipinski definition) is 5. The second-order valence-electron chi connectivity index (χ2n) is 7.69. The molecule has 1 unspecified atom stereocenters. The van der Waals surface area contributed by atoms with E-state index in [0.717, 1.165) is 12.8 Å². The summed E-state index contributed by atoms with van der Waals surface area (Å²) in [6.45, 7) is 8.51. The first-order chi connectivity index (χ1) is 11.6. The van der Waals surface area contributed by atoms with E-state index in [4.69, 9.17) is 9.94 Å². The molecule has 1 fully saturated rings. The fourth-order valence-electron chi connectivity index (χ4n) is 3.58. The number of hydrogen-bond donors (Lipinski definition) is 2. The molecule has 0 heterocycles. The van der Waals surface area contributed by atoms with E-state index in [9.17, 15) is 14.8 Å². The molecule has 1 saturated carbocycles. The quantitative estimate of drug-likeness (QED) is 0.608. The van der Waals surface area contributed by atoms with E-state index < -0.39 is 11.2 Å². The molecule has 6 heteroatoms. The van der Waals surface area contributed by atoms with Crippen molar-refractivity contribution in [2.75, 3.05) is 6.61 Å². The van der Waals surface area contributed by atoms with Crippen LogP contribution in [0, 0.1) is 22.0 Å². The number of ether oxygens (including phenoxy) is 1. The van der Waals surface area contributed by atoms with Crippen LogP contribution in [0.1, 0.15) is 57.3 Å². The van der Waals surface area contributed by atoms with Gasteiger partial charge in [0, 0.05) is 24.0 Å². The summed E-state index contributed by atoms with van der Waals surface area (Å²) >= 11 is 0. The molecule has 3 atom stereocenters. The zero-order chi connectivity index (χ0) is 18.8. The van der Waals surface area contributed by atoms with E-state index in [2.05, 4.69) is 20.8 Å². The Bertz CT molecular complexity index is 638. The number of benzene rings is 1. The van der Waals surface area contributed by atoms with Crippen molar-refractivity contribution in [3.05, 3.63) is 35.0 Å².